The SMILES string of the molecule is C(#Cc1ccc(CCc2ccc(C#Cc3ccccc3)cc2)cc1)c1ccccc1. The van der Waals surface area contributed by atoms with Crippen LogP contribution in [0.1, 0.15) is 33.4 Å². The molecule has 0 aliphatic rings. The van der Waals surface area contributed by atoms with Crippen LogP contribution >= 0.6 is 0 Å². The lowest BCUT2D eigenvalue weighted by molar-refractivity contribution is 0.960. The standard InChI is InChI=1S/C30H22/c1-3-7-25(8-4-1)11-13-27-15-19-29(20-16-27)23-24-30-21-17-28(18-22-30)14-12-26-9-5-2-6-10-26/h1-10,15-22H,23-24H2. The third-order valence-electron chi connectivity index (χ3n) is 4.86. The minimum absolute atomic E-state index is 1.02. The second-order valence-electron chi connectivity index (χ2n) is 7.13. The van der Waals surface area contributed by atoms with E-state index in [-0.39, 0.29) is 0 Å². The van der Waals surface area contributed by atoms with Crippen LogP contribution in [0.2, 0.25) is 0 Å². The van der Waals surface area contributed by atoms with E-state index in [1.807, 2.05) is 60.7 Å². The number of rotatable bonds is 3. The number of benzene rings is 4. The first-order valence-electron chi connectivity index (χ1n) is 10.2. The molecule has 0 unspecified atom stereocenters. The Morgan fingerprint density at radius 1 is 0.333 bits per heavy atom. The molecule has 4 aromatic carbocycles. The van der Waals surface area contributed by atoms with Crippen LogP contribution in [-0.2, 0) is 12.8 Å². The van der Waals surface area contributed by atoms with Gasteiger partial charge in [0.1, 0.15) is 0 Å². The molecule has 0 atom stereocenters. The van der Waals surface area contributed by atoms with E-state index in [1.165, 1.54) is 11.1 Å². The Bertz CT molecular complexity index is 1090. The summed E-state index contributed by atoms with van der Waals surface area (Å²) in [7, 11) is 0. The fourth-order valence-electron chi connectivity index (χ4n) is 3.13. The molecule has 0 heterocycles. The summed E-state index contributed by atoms with van der Waals surface area (Å²) in [6.45, 7) is 0. The van der Waals surface area contributed by atoms with Crippen molar-refractivity contribution >= 4 is 0 Å². The minimum Gasteiger partial charge on any atom is -0.0622 e. The zero-order valence-corrected chi connectivity index (χ0v) is 16.8. The highest BCUT2D eigenvalue weighted by Gasteiger charge is 1.97. The van der Waals surface area contributed by atoms with Gasteiger partial charge < -0.3 is 0 Å². The molecule has 0 spiro atoms. The molecule has 0 N–H and O–H groups in total. The molecule has 0 aliphatic carbocycles. The Kier molecular flexibility index (Phi) is 6.42. The van der Waals surface area contributed by atoms with Crippen molar-refractivity contribution in [2.45, 2.75) is 12.8 Å². The first kappa shape index (κ1) is 19.3. The summed E-state index contributed by atoms with van der Waals surface area (Å²) in [5.41, 5.74) is 6.83. The highest BCUT2D eigenvalue weighted by molar-refractivity contribution is 5.44. The van der Waals surface area contributed by atoms with Crippen molar-refractivity contribution in [3.05, 3.63) is 143 Å². The lowest BCUT2D eigenvalue weighted by Gasteiger charge is -2.03. The van der Waals surface area contributed by atoms with E-state index in [9.17, 15) is 0 Å². The van der Waals surface area contributed by atoms with Gasteiger partial charge in [0.05, 0.1) is 0 Å². The van der Waals surface area contributed by atoms with E-state index in [2.05, 4.69) is 72.2 Å². The molecule has 0 amide bonds. The first-order valence-corrected chi connectivity index (χ1v) is 10.2. The van der Waals surface area contributed by atoms with Gasteiger partial charge in [-0.3, -0.25) is 0 Å². The van der Waals surface area contributed by atoms with Gasteiger partial charge in [0.2, 0.25) is 0 Å². The maximum absolute atomic E-state index is 3.23. The van der Waals surface area contributed by atoms with Gasteiger partial charge in [-0.05, 0) is 72.5 Å². The van der Waals surface area contributed by atoms with Gasteiger partial charge >= 0.3 is 0 Å². The van der Waals surface area contributed by atoms with Crippen molar-refractivity contribution in [2.24, 2.45) is 0 Å². The van der Waals surface area contributed by atoms with Crippen LogP contribution in [0.4, 0.5) is 0 Å². The second-order valence-corrected chi connectivity index (χ2v) is 7.13. The van der Waals surface area contributed by atoms with E-state index < -0.39 is 0 Å². The van der Waals surface area contributed by atoms with Gasteiger partial charge in [-0.1, -0.05) is 84.3 Å². The van der Waals surface area contributed by atoms with E-state index in [0.29, 0.717) is 0 Å². The molecular formula is C30H22. The maximum atomic E-state index is 3.23. The molecule has 0 bridgehead atoms. The van der Waals surface area contributed by atoms with E-state index in [4.69, 9.17) is 0 Å². The first-order chi connectivity index (χ1) is 14.8. The zero-order chi connectivity index (χ0) is 20.4. The molecular weight excluding hydrogens is 360 g/mol. The van der Waals surface area contributed by atoms with Crippen molar-refractivity contribution in [2.75, 3.05) is 0 Å². The molecule has 4 rings (SSSR count). The van der Waals surface area contributed by atoms with Crippen LogP contribution in [0.3, 0.4) is 0 Å². The van der Waals surface area contributed by atoms with Gasteiger partial charge in [0.25, 0.3) is 0 Å². The molecule has 0 saturated carbocycles. The number of hydrogen-bond donors (Lipinski definition) is 0. The summed E-state index contributed by atoms with van der Waals surface area (Å²) in [4.78, 5) is 0. The Morgan fingerprint density at radius 3 is 0.967 bits per heavy atom. The van der Waals surface area contributed by atoms with Crippen LogP contribution in [0.25, 0.3) is 0 Å². The predicted octanol–water partition coefficient (Wildman–Crippen LogP) is 6.27. The van der Waals surface area contributed by atoms with Crippen LogP contribution in [0.5, 0.6) is 0 Å². The molecule has 30 heavy (non-hydrogen) atoms. The van der Waals surface area contributed by atoms with E-state index in [0.717, 1.165) is 35.1 Å². The number of hydrogen-bond acceptors (Lipinski definition) is 0. The predicted molar refractivity (Wildman–Crippen MR) is 125 cm³/mol. The summed E-state index contributed by atoms with van der Waals surface area (Å²) in [6, 6.07) is 37.3. The summed E-state index contributed by atoms with van der Waals surface area (Å²) >= 11 is 0. The maximum Gasteiger partial charge on any atom is 0.0249 e. The Hall–Kier alpha value is -4.00. The molecule has 142 valence electrons. The van der Waals surface area contributed by atoms with Crippen molar-refractivity contribution in [1.29, 1.82) is 0 Å². The normalized spacial score (nSPS) is 9.73. The molecule has 0 radical (unpaired) electrons. The minimum atomic E-state index is 1.02. The van der Waals surface area contributed by atoms with Crippen molar-refractivity contribution in [3.63, 3.8) is 0 Å². The Labute approximate surface area is 179 Å². The topological polar surface area (TPSA) is 0 Å². The summed E-state index contributed by atoms with van der Waals surface area (Å²) in [6.07, 6.45) is 2.03. The second kappa shape index (κ2) is 9.97. The zero-order valence-electron chi connectivity index (χ0n) is 16.8. The molecule has 0 nitrogen and oxygen atoms in total. The molecule has 0 aromatic heterocycles. The van der Waals surface area contributed by atoms with Gasteiger partial charge in [-0.25, -0.2) is 0 Å². The van der Waals surface area contributed by atoms with Gasteiger partial charge in [-0.15, -0.1) is 0 Å². The van der Waals surface area contributed by atoms with Crippen molar-refractivity contribution in [1.82, 2.24) is 0 Å². The Morgan fingerprint density at radius 2 is 0.633 bits per heavy atom. The number of aryl methyl sites for hydroxylation is 2. The van der Waals surface area contributed by atoms with Crippen molar-refractivity contribution in [3.8, 4) is 23.7 Å². The smallest absolute Gasteiger partial charge is 0.0249 e. The van der Waals surface area contributed by atoms with Gasteiger partial charge in [0.15, 0.2) is 0 Å². The molecule has 0 aliphatic heterocycles. The molecule has 0 saturated heterocycles. The summed E-state index contributed by atoms with van der Waals surface area (Å²) in [5.74, 6) is 12.9. The molecule has 4 aromatic rings. The van der Waals surface area contributed by atoms with Crippen LogP contribution < -0.4 is 0 Å². The fourth-order valence-corrected chi connectivity index (χ4v) is 3.13. The highest BCUT2D eigenvalue weighted by Crippen LogP contribution is 2.10. The van der Waals surface area contributed by atoms with E-state index >= 15 is 0 Å². The molecule has 0 fully saturated rings. The molecule has 0 heteroatoms. The van der Waals surface area contributed by atoms with Gasteiger partial charge in [-0.2, -0.15) is 0 Å². The summed E-state index contributed by atoms with van der Waals surface area (Å²) < 4.78 is 0. The largest absolute Gasteiger partial charge is 0.0622 e. The third-order valence-corrected chi connectivity index (χ3v) is 4.86. The highest BCUT2D eigenvalue weighted by atomic mass is 14.0. The lowest BCUT2D eigenvalue weighted by atomic mass is 10.0. The van der Waals surface area contributed by atoms with Crippen LogP contribution in [0, 0.1) is 23.7 Å². The van der Waals surface area contributed by atoms with Crippen LogP contribution in [-0.4, -0.2) is 0 Å². The monoisotopic (exact) mass is 382 g/mol. The van der Waals surface area contributed by atoms with Crippen molar-refractivity contribution < 1.29 is 0 Å². The Balaban J connectivity index is 1.32. The van der Waals surface area contributed by atoms with Crippen LogP contribution in [0.15, 0.2) is 109 Å². The lowest BCUT2D eigenvalue weighted by Crippen LogP contribution is -1.91. The third kappa shape index (κ3) is 5.75. The quantitative estimate of drug-likeness (QED) is 0.366. The fraction of sp³-hybridized carbons (Fsp3) is 0.0667. The van der Waals surface area contributed by atoms with Gasteiger partial charge in [0, 0.05) is 22.3 Å². The summed E-state index contributed by atoms with van der Waals surface area (Å²) in [5, 5.41) is 0. The average Bonchev–Trinajstić information content (AvgIpc) is 2.83. The average molecular weight is 383 g/mol. The van der Waals surface area contributed by atoms with E-state index in [1.54, 1.807) is 0 Å².